The third kappa shape index (κ3) is 1.91. The molecule has 17 heavy (non-hydrogen) atoms. The molecule has 0 fully saturated rings. The lowest BCUT2D eigenvalue weighted by Crippen LogP contribution is -2.26. The predicted octanol–water partition coefficient (Wildman–Crippen LogP) is 3.48. The van der Waals surface area contributed by atoms with Crippen LogP contribution in [0.1, 0.15) is 30.9 Å². The number of aliphatic hydroxyl groups excluding tert-OH is 1. The largest absolute Gasteiger partial charge is 0.469 e. The van der Waals surface area contributed by atoms with Crippen LogP contribution in [0.2, 0.25) is 0 Å². The van der Waals surface area contributed by atoms with Gasteiger partial charge in [0, 0.05) is 22.9 Å². The highest BCUT2D eigenvalue weighted by molar-refractivity contribution is 9.10. The molecule has 1 heterocycles. The van der Waals surface area contributed by atoms with Crippen LogP contribution < -0.4 is 0 Å². The lowest BCUT2D eigenvalue weighted by molar-refractivity contribution is -0.0852. The van der Waals surface area contributed by atoms with E-state index in [0.717, 1.165) is 23.1 Å². The first-order valence-corrected chi connectivity index (χ1v) is 6.81. The second kappa shape index (κ2) is 4.14. The number of hydrogen-bond donors (Lipinski definition) is 1. The normalized spacial score (nSPS) is 27.2. The molecule has 0 bridgehead atoms. The fraction of sp³-hybridized carbons (Fsp3) is 0.429. The van der Waals surface area contributed by atoms with Gasteiger partial charge in [0.15, 0.2) is 6.29 Å². The lowest BCUT2D eigenvalue weighted by Gasteiger charge is -2.34. The minimum atomic E-state index is -0.624. The zero-order chi connectivity index (χ0) is 12.0. The summed E-state index contributed by atoms with van der Waals surface area (Å²) in [6, 6.07) is 6.43. The third-order valence-corrected chi connectivity index (χ3v) is 4.10. The Morgan fingerprint density at radius 2 is 2.18 bits per heavy atom. The molecule has 3 heteroatoms. The monoisotopic (exact) mass is 294 g/mol. The van der Waals surface area contributed by atoms with E-state index in [-0.39, 0.29) is 0 Å². The van der Waals surface area contributed by atoms with Crippen molar-refractivity contribution >= 4 is 21.5 Å². The van der Waals surface area contributed by atoms with Crippen molar-refractivity contribution in [2.45, 2.75) is 32.5 Å². The molecule has 0 radical (unpaired) electrons. The Bertz CT molecular complexity index is 493. The average Bonchev–Trinajstić information content (AvgIpc) is 2.28. The van der Waals surface area contributed by atoms with Crippen molar-refractivity contribution in [2.75, 3.05) is 0 Å². The summed E-state index contributed by atoms with van der Waals surface area (Å²) in [5.41, 5.74) is 3.97. The smallest absolute Gasteiger partial charge is 0.197 e. The van der Waals surface area contributed by atoms with E-state index in [0.29, 0.717) is 12.3 Å². The molecule has 90 valence electrons. The number of ether oxygens (including phenoxy) is 1. The molecule has 1 aliphatic carbocycles. The van der Waals surface area contributed by atoms with E-state index in [1.54, 1.807) is 0 Å². The predicted molar refractivity (Wildman–Crippen MR) is 70.3 cm³/mol. The minimum Gasteiger partial charge on any atom is -0.469 e. The molecule has 1 N–H and O–H groups in total. The van der Waals surface area contributed by atoms with E-state index in [9.17, 15) is 5.11 Å². The Balaban J connectivity index is 2.11. The zero-order valence-electron chi connectivity index (χ0n) is 9.74. The van der Waals surface area contributed by atoms with Crippen molar-refractivity contribution < 1.29 is 9.84 Å². The van der Waals surface area contributed by atoms with E-state index in [4.69, 9.17) is 4.74 Å². The molecule has 0 aromatic heterocycles. The number of aryl methyl sites for hydroxylation is 1. The molecule has 2 atom stereocenters. The molecule has 2 nitrogen and oxygen atoms in total. The molecule has 1 aliphatic heterocycles. The number of fused-ring (bicyclic) bond motifs is 2. The van der Waals surface area contributed by atoms with Crippen molar-refractivity contribution in [1.82, 2.24) is 0 Å². The fourth-order valence-corrected chi connectivity index (χ4v) is 3.27. The Morgan fingerprint density at radius 1 is 1.35 bits per heavy atom. The van der Waals surface area contributed by atoms with Gasteiger partial charge in [0.1, 0.15) is 5.76 Å². The SMILES string of the molecule is C[C@@H]1CC(O)OC2=C1c1ccc(Br)cc1CC2. The number of rotatable bonds is 0. The number of halogens is 1. The Hall–Kier alpha value is -0.800. The van der Waals surface area contributed by atoms with Gasteiger partial charge in [-0.15, -0.1) is 0 Å². The van der Waals surface area contributed by atoms with Gasteiger partial charge >= 0.3 is 0 Å². The summed E-state index contributed by atoms with van der Waals surface area (Å²) in [5.74, 6) is 1.36. The molecule has 1 aromatic rings. The van der Waals surface area contributed by atoms with Crippen LogP contribution in [0.15, 0.2) is 28.4 Å². The van der Waals surface area contributed by atoms with Crippen molar-refractivity contribution in [2.24, 2.45) is 5.92 Å². The molecule has 0 spiro atoms. The Labute approximate surface area is 109 Å². The highest BCUT2D eigenvalue weighted by Gasteiger charge is 2.31. The van der Waals surface area contributed by atoms with E-state index in [1.165, 1.54) is 16.7 Å². The van der Waals surface area contributed by atoms with Gasteiger partial charge in [-0.05, 0) is 35.6 Å². The molecule has 0 amide bonds. The summed E-state index contributed by atoms with van der Waals surface area (Å²) in [6.07, 6.45) is 1.96. The number of allylic oxidation sites excluding steroid dienone is 2. The van der Waals surface area contributed by atoms with Crippen LogP contribution in [0.25, 0.3) is 5.57 Å². The van der Waals surface area contributed by atoms with Crippen LogP contribution in [0.4, 0.5) is 0 Å². The van der Waals surface area contributed by atoms with Crippen molar-refractivity contribution in [3.05, 3.63) is 39.6 Å². The zero-order valence-corrected chi connectivity index (χ0v) is 11.3. The minimum absolute atomic E-state index is 0.369. The van der Waals surface area contributed by atoms with Crippen LogP contribution in [0.5, 0.6) is 0 Å². The van der Waals surface area contributed by atoms with Gasteiger partial charge in [-0.1, -0.05) is 28.9 Å². The summed E-state index contributed by atoms with van der Waals surface area (Å²) in [6.45, 7) is 2.16. The molecule has 0 saturated heterocycles. The van der Waals surface area contributed by atoms with Crippen molar-refractivity contribution in [3.63, 3.8) is 0 Å². The summed E-state index contributed by atoms with van der Waals surface area (Å²) in [5, 5.41) is 9.65. The van der Waals surface area contributed by atoms with Crippen LogP contribution in [0, 0.1) is 5.92 Å². The van der Waals surface area contributed by atoms with Gasteiger partial charge in [0.2, 0.25) is 0 Å². The van der Waals surface area contributed by atoms with Gasteiger partial charge in [-0.2, -0.15) is 0 Å². The van der Waals surface area contributed by atoms with Gasteiger partial charge in [-0.3, -0.25) is 0 Å². The van der Waals surface area contributed by atoms with Crippen LogP contribution in [-0.4, -0.2) is 11.4 Å². The summed E-state index contributed by atoms with van der Waals surface area (Å²) in [7, 11) is 0. The maximum absolute atomic E-state index is 9.65. The maximum Gasteiger partial charge on any atom is 0.197 e. The first-order chi connectivity index (χ1) is 8.15. The molecular weight excluding hydrogens is 280 g/mol. The van der Waals surface area contributed by atoms with Gasteiger partial charge < -0.3 is 9.84 Å². The number of benzene rings is 1. The average molecular weight is 295 g/mol. The molecule has 3 rings (SSSR count). The van der Waals surface area contributed by atoms with Gasteiger partial charge in [0.25, 0.3) is 0 Å². The Kier molecular flexibility index (Phi) is 2.75. The Morgan fingerprint density at radius 3 is 3.00 bits per heavy atom. The topological polar surface area (TPSA) is 29.5 Å². The lowest BCUT2D eigenvalue weighted by atomic mass is 9.81. The fourth-order valence-electron chi connectivity index (χ4n) is 2.86. The maximum atomic E-state index is 9.65. The molecular formula is C14H15BrO2. The highest BCUT2D eigenvalue weighted by atomic mass is 79.9. The van der Waals surface area contributed by atoms with Crippen LogP contribution in [-0.2, 0) is 11.2 Å². The van der Waals surface area contributed by atoms with Crippen molar-refractivity contribution in [1.29, 1.82) is 0 Å². The number of hydrogen-bond acceptors (Lipinski definition) is 2. The molecule has 1 unspecified atom stereocenters. The standard InChI is InChI=1S/C14H15BrO2/c1-8-6-13(16)17-12-5-2-9-7-10(15)3-4-11(9)14(8)12/h3-4,7-8,13,16H,2,5-6H2,1H3/t8-,13?/m1/s1. The summed E-state index contributed by atoms with van der Waals surface area (Å²) < 4.78 is 6.70. The van der Waals surface area contributed by atoms with Gasteiger partial charge in [0.05, 0.1) is 0 Å². The molecule has 0 saturated carbocycles. The highest BCUT2D eigenvalue weighted by Crippen LogP contribution is 2.42. The van der Waals surface area contributed by atoms with E-state index in [2.05, 4.69) is 41.1 Å². The first kappa shape index (κ1) is 11.3. The number of aliphatic hydroxyl groups is 1. The van der Waals surface area contributed by atoms with E-state index < -0.39 is 6.29 Å². The van der Waals surface area contributed by atoms with E-state index >= 15 is 0 Å². The second-order valence-electron chi connectivity index (χ2n) is 4.85. The van der Waals surface area contributed by atoms with Crippen LogP contribution >= 0.6 is 15.9 Å². The van der Waals surface area contributed by atoms with Gasteiger partial charge in [-0.25, -0.2) is 0 Å². The second-order valence-corrected chi connectivity index (χ2v) is 5.76. The quantitative estimate of drug-likeness (QED) is 0.794. The first-order valence-electron chi connectivity index (χ1n) is 6.01. The summed E-state index contributed by atoms with van der Waals surface area (Å²) >= 11 is 3.52. The summed E-state index contributed by atoms with van der Waals surface area (Å²) in [4.78, 5) is 0. The van der Waals surface area contributed by atoms with Crippen LogP contribution in [0.3, 0.4) is 0 Å². The third-order valence-electron chi connectivity index (χ3n) is 3.61. The van der Waals surface area contributed by atoms with E-state index in [1.807, 2.05) is 0 Å². The van der Waals surface area contributed by atoms with Crippen molar-refractivity contribution in [3.8, 4) is 0 Å². The molecule has 2 aliphatic rings. The molecule has 1 aromatic carbocycles.